The second kappa shape index (κ2) is 11.9. The van der Waals surface area contributed by atoms with Crippen molar-refractivity contribution < 1.29 is 24.1 Å². The molecule has 42 heavy (non-hydrogen) atoms. The molecule has 0 aliphatic carbocycles. The largest absolute Gasteiger partial charge is 0.497 e. The molecule has 0 bridgehead atoms. The number of ether oxygens (including phenoxy) is 4. The predicted octanol–water partition coefficient (Wildman–Crippen LogP) is 2.85. The van der Waals surface area contributed by atoms with Gasteiger partial charge in [0.25, 0.3) is 5.56 Å². The summed E-state index contributed by atoms with van der Waals surface area (Å²) in [6.45, 7) is 1.39. The lowest BCUT2D eigenvalue weighted by Gasteiger charge is -2.38. The average Bonchev–Trinajstić information content (AvgIpc) is 3.36. The molecule has 0 amide bonds. The van der Waals surface area contributed by atoms with Crippen LogP contribution < -0.4 is 26.5 Å². The number of methoxy groups -OCH3 is 2. The van der Waals surface area contributed by atoms with E-state index in [0.717, 1.165) is 16.7 Å². The summed E-state index contributed by atoms with van der Waals surface area (Å²) in [5.74, 6) is 1.38. The van der Waals surface area contributed by atoms with Crippen molar-refractivity contribution >= 4 is 0 Å². The van der Waals surface area contributed by atoms with Gasteiger partial charge in [-0.1, -0.05) is 54.6 Å². The lowest BCUT2D eigenvalue weighted by molar-refractivity contribution is -0.118. The predicted molar refractivity (Wildman–Crippen MR) is 157 cm³/mol. The molecular formula is C32H35N3O7. The Bertz CT molecular complexity index is 1570. The van der Waals surface area contributed by atoms with E-state index < -0.39 is 34.8 Å². The normalized spacial score (nSPS) is 20.4. The van der Waals surface area contributed by atoms with Crippen LogP contribution >= 0.6 is 0 Å². The zero-order valence-corrected chi connectivity index (χ0v) is 23.8. The molecule has 10 heteroatoms. The molecule has 4 aromatic rings. The minimum atomic E-state index is -1.50. The number of aromatic nitrogens is 2. The summed E-state index contributed by atoms with van der Waals surface area (Å²) in [7, 11) is 3.21. The second-order valence-electron chi connectivity index (χ2n) is 10.4. The van der Waals surface area contributed by atoms with Crippen LogP contribution in [0.3, 0.4) is 0 Å². The third kappa shape index (κ3) is 5.37. The number of rotatable bonds is 10. The van der Waals surface area contributed by atoms with Crippen molar-refractivity contribution in [3.8, 4) is 11.5 Å². The summed E-state index contributed by atoms with van der Waals surface area (Å²) in [4.78, 5) is 26.9. The SMILES string of the molecule is COc1ccc(C(OC[C@H]2O[C@@H](n3cc(C)c(=O)[nH]c3=O)C[C@@]2(O)CN)(c2ccccc2)c2ccc(OC)cc2)cc1. The Morgan fingerprint density at radius 3 is 2.02 bits per heavy atom. The van der Waals surface area contributed by atoms with Crippen molar-refractivity contribution in [2.24, 2.45) is 5.73 Å². The topological polar surface area (TPSA) is 138 Å². The van der Waals surface area contributed by atoms with Crippen molar-refractivity contribution in [3.63, 3.8) is 0 Å². The molecule has 0 unspecified atom stereocenters. The van der Waals surface area contributed by atoms with Crippen molar-refractivity contribution in [2.75, 3.05) is 27.4 Å². The van der Waals surface area contributed by atoms with Crippen molar-refractivity contribution in [3.05, 3.63) is 128 Å². The van der Waals surface area contributed by atoms with Gasteiger partial charge in [0.1, 0.15) is 35.0 Å². The summed E-state index contributed by atoms with van der Waals surface area (Å²) in [6, 6.07) is 25.0. The molecule has 220 valence electrons. The minimum absolute atomic E-state index is 0.0341. The average molecular weight is 574 g/mol. The highest BCUT2D eigenvalue weighted by molar-refractivity contribution is 5.49. The van der Waals surface area contributed by atoms with E-state index in [9.17, 15) is 14.7 Å². The maximum absolute atomic E-state index is 12.6. The van der Waals surface area contributed by atoms with Crippen LogP contribution in [0.25, 0.3) is 0 Å². The van der Waals surface area contributed by atoms with E-state index in [0.29, 0.717) is 17.1 Å². The fourth-order valence-electron chi connectivity index (χ4n) is 5.45. The molecule has 4 N–H and O–H groups in total. The van der Waals surface area contributed by atoms with Gasteiger partial charge in [0.2, 0.25) is 0 Å². The summed E-state index contributed by atoms with van der Waals surface area (Å²) >= 11 is 0. The number of hydrogen-bond acceptors (Lipinski definition) is 8. The molecule has 5 rings (SSSR count). The number of aryl methyl sites for hydroxylation is 1. The molecule has 0 spiro atoms. The van der Waals surface area contributed by atoms with E-state index in [4.69, 9.17) is 24.7 Å². The maximum Gasteiger partial charge on any atom is 0.330 e. The van der Waals surface area contributed by atoms with Gasteiger partial charge in [-0.05, 0) is 47.9 Å². The number of H-pyrrole nitrogens is 1. The van der Waals surface area contributed by atoms with Gasteiger partial charge < -0.3 is 29.8 Å². The highest BCUT2D eigenvalue weighted by Crippen LogP contribution is 2.44. The minimum Gasteiger partial charge on any atom is -0.497 e. The number of aromatic amines is 1. The number of nitrogens with zero attached hydrogens (tertiary/aromatic N) is 1. The molecule has 3 atom stereocenters. The number of nitrogens with one attached hydrogen (secondary N) is 1. The molecular weight excluding hydrogens is 538 g/mol. The lowest BCUT2D eigenvalue weighted by Crippen LogP contribution is -2.49. The van der Waals surface area contributed by atoms with Crippen molar-refractivity contribution in [2.45, 2.75) is 36.9 Å². The van der Waals surface area contributed by atoms with Crippen LogP contribution in [0.5, 0.6) is 11.5 Å². The van der Waals surface area contributed by atoms with Gasteiger partial charge in [-0.3, -0.25) is 14.3 Å². The van der Waals surface area contributed by atoms with Gasteiger partial charge >= 0.3 is 5.69 Å². The highest BCUT2D eigenvalue weighted by atomic mass is 16.6. The zero-order valence-electron chi connectivity index (χ0n) is 23.8. The first-order valence-corrected chi connectivity index (χ1v) is 13.6. The fraction of sp³-hybridized carbons (Fsp3) is 0.312. The second-order valence-corrected chi connectivity index (χ2v) is 10.4. The van der Waals surface area contributed by atoms with E-state index in [1.165, 1.54) is 10.8 Å². The van der Waals surface area contributed by atoms with Gasteiger partial charge in [0.05, 0.1) is 20.8 Å². The van der Waals surface area contributed by atoms with E-state index in [2.05, 4.69) is 4.98 Å². The van der Waals surface area contributed by atoms with Crippen LogP contribution in [0, 0.1) is 6.92 Å². The molecule has 1 fully saturated rings. The standard InChI is InChI=1S/C32H35N3O7/c1-21-18-35(30(37)34-29(21)36)28-17-31(38,20-33)27(42-28)19-41-32(22-7-5-4-6-8-22,23-9-13-25(39-2)14-10-23)24-11-15-26(40-3)16-12-24/h4-16,18,27-28,38H,17,19-20,33H2,1-3H3,(H,34,36,37)/t27-,28-,31-/m1/s1. The van der Waals surface area contributed by atoms with Crippen LogP contribution in [0.2, 0.25) is 0 Å². The molecule has 1 saturated heterocycles. The van der Waals surface area contributed by atoms with Crippen LogP contribution in [-0.4, -0.2) is 53.7 Å². The Labute approximate surface area is 243 Å². The fourth-order valence-corrected chi connectivity index (χ4v) is 5.45. The Hall–Kier alpha value is -4.22. The third-order valence-corrected chi connectivity index (χ3v) is 7.88. The van der Waals surface area contributed by atoms with Crippen LogP contribution in [0.1, 0.15) is 34.9 Å². The first kappa shape index (κ1) is 29.3. The van der Waals surface area contributed by atoms with Crippen molar-refractivity contribution in [1.82, 2.24) is 9.55 Å². The number of aliphatic hydroxyl groups is 1. The van der Waals surface area contributed by atoms with E-state index in [1.54, 1.807) is 21.1 Å². The quantitative estimate of drug-likeness (QED) is 0.246. The highest BCUT2D eigenvalue weighted by Gasteiger charge is 2.49. The smallest absolute Gasteiger partial charge is 0.330 e. The van der Waals surface area contributed by atoms with Crippen LogP contribution in [-0.2, 0) is 15.1 Å². The molecule has 10 nitrogen and oxygen atoms in total. The third-order valence-electron chi connectivity index (χ3n) is 7.88. The van der Waals surface area contributed by atoms with E-state index in [-0.39, 0.29) is 19.6 Å². The first-order chi connectivity index (χ1) is 20.2. The summed E-state index contributed by atoms with van der Waals surface area (Å²) in [5.41, 5.74) is 5.14. The Morgan fingerprint density at radius 1 is 0.952 bits per heavy atom. The maximum atomic E-state index is 12.6. The van der Waals surface area contributed by atoms with Crippen molar-refractivity contribution in [1.29, 1.82) is 0 Å². The van der Waals surface area contributed by atoms with Gasteiger partial charge in [0.15, 0.2) is 0 Å². The Kier molecular flexibility index (Phi) is 8.33. The molecule has 0 radical (unpaired) electrons. The van der Waals surface area contributed by atoms with Gasteiger partial charge in [-0.2, -0.15) is 0 Å². The monoisotopic (exact) mass is 573 g/mol. The zero-order chi connectivity index (χ0) is 29.9. The molecule has 2 heterocycles. The van der Waals surface area contributed by atoms with Crippen LogP contribution in [0.15, 0.2) is 94.6 Å². The molecule has 0 saturated carbocycles. The molecule has 1 aliphatic heterocycles. The van der Waals surface area contributed by atoms with E-state index in [1.807, 2.05) is 78.9 Å². The molecule has 1 aromatic heterocycles. The summed E-state index contributed by atoms with van der Waals surface area (Å²) in [5, 5.41) is 11.6. The van der Waals surface area contributed by atoms with Gasteiger partial charge in [-0.25, -0.2) is 4.79 Å². The number of benzene rings is 3. The lowest BCUT2D eigenvalue weighted by atomic mass is 9.79. The first-order valence-electron chi connectivity index (χ1n) is 13.6. The molecule has 3 aromatic carbocycles. The van der Waals surface area contributed by atoms with Gasteiger partial charge in [-0.15, -0.1) is 0 Å². The number of nitrogens with two attached hydrogens (primary N) is 1. The summed E-state index contributed by atoms with van der Waals surface area (Å²) < 4.78 is 25.3. The summed E-state index contributed by atoms with van der Waals surface area (Å²) in [6.07, 6.45) is -0.295. The Balaban J connectivity index is 1.58. The molecule has 1 aliphatic rings. The Morgan fingerprint density at radius 2 is 1.50 bits per heavy atom. The number of hydrogen-bond donors (Lipinski definition) is 3. The van der Waals surface area contributed by atoms with E-state index >= 15 is 0 Å². The van der Waals surface area contributed by atoms with Gasteiger partial charge in [0, 0.05) is 24.7 Å². The van der Waals surface area contributed by atoms with Crippen LogP contribution in [0.4, 0.5) is 0 Å².